The van der Waals surface area contributed by atoms with Gasteiger partial charge < -0.3 is 15.2 Å². The third-order valence-electron chi connectivity index (χ3n) is 6.27. The molecule has 0 unspecified atom stereocenters. The Morgan fingerprint density at radius 2 is 1.96 bits per heavy atom. The van der Waals surface area contributed by atoms with E-state index >= 15 is 0 Å². The van der Waals surface area contributed by atoms with Gasteiger partial charge in [-0.25, -0.2) is 0 Å². The number of benzene rings is 1. The fourth-order valence-electron chi connectivity index (χ4n) is 4.78. The first-order valence-corrected chi connectivity index (χ1v) is 9.74. The van der Waals surface area contributed by atoms with E-state index in [0.717, 1.165) is 50.2 Å². The van der Waals surface area contributed by atoms with E-state index in [4.69, 9.17) is 0 Å². The minimum absolute atomic E-state index is 0.0482. The number of aromatic amines is 1. The van der Waals surface area contributed by atoms with E-state index in [2.05, 4.69) is 39.6 Å². The zero-order valence-electron chi connectivity index (χ0n) is 15.6. The van der Waals surface area contributed by atoms with Crippen molar-refractivity contribution in [3.05, 3.63) is 65.1 Å². The van der Waals surface area contributed by atoms with Crippen LogP contribution in [0.25, 0.3) is 10.9 Å². The van der Waals surface area contributed by atoms with Crippen LogP contribution in [0.2, 0.25) is 0 Å². The smallest absolute Gasteiger partial charge is 0.255 e. The maximum absolute atomic E-state index is 12.9. The Labute approximate surface area is 158 Å². The molecule has 5 nitrogen and oxygen atoms in total. The van der Waals surface area contributed by atoms with E-state index in [1.54, 1.807) is 6.20 Å². The van der Waals surface area contributed by atoms with Crippen molar-refractivity contribution in [2.75, 3.05) is 19.6 Å². The normalized spacial score (nSPS) is 18.6. The van der Waals surface area contributed by atoms with Crippen LogP contribution in [0, 0.1) is 6.92 Å². The molecule has 27 heavy (non-hydrogen) atoms. The largest absolute Gasteiger partial charge is 0.357 e. The lowest BCUT2D eigenvalue weighted by atomic mass is 9.79. The van der Waals surface area contributed by atoms with Crippen LogP contribution in [0.1, 0.15) is 40.2 Å². The number of nitrogens with one attached hydrogen (secondary N) is 2. The van der Waals surface area contributed by atoms with Crippen LogP contribution in [0.3, 0.4) is 0 Å². The maximum Gasteiger partial charge on any atom is 0.255 e. The molecule has 0 bridgehead atoms. The van der Waals surface area contributed by atoms with Crippen LogP contribution in [0.15, 0.2) is 42.6 Å². The van der Waals surface area contributed by atoms with E-state index < -0.39 is 0 Å². The molecule has 0 aliphatic carbocycles. The molecule has 1 aromatic carbocycles. The number of para-hydroxylation sites is 1. The van der Waals surface area contributed by atoms with E-state index in [1.165, 1.54) is 22.2 Å². The lowest BCUT2D eigenvalue weighted by Gasteiger charge is -2.44. The molecule has 5 heteroatoms. The summed E-state index contributed by atoms with van der Waals surface area (Å²) in [7, 11) is 0. The number of fused-ring (bicyclic) bond motifs is 4. The molecule has 1 amide bonds. The van der Waals surface area contributed by atoms with Gasteiger partial charge in [0.25, 0.3) is 5.91 Å². The van der Waals surface area contributed by atoms with Crippen molar-refractivity contribution in [2.45, 2.75) is 31.7 Å². The summed E-state index contributed by atoms with van der Waals surface area (Å²) >= 11 is 0. The average Bonchev–Trinajstić information content (AvgIpc) is 3.09. The first-order valence-electron chi connectivity index (χ1n) is 9.74. The number of H-pyrrole nitrogens is 1. The first-order chi connectivity index (χ1) is 13.2. The van der Waals surface area contributed by atoms with Crippen LogP contribution in [-0.4, -0.2) is 40.4 Å². The fraction of sp³-hybridized carbons (Fsp3) is 0.364. The van der Waals surface area contributed by atoms with Crippen LogP contribution in [0.4, 0.5) is 0 Å². The predicted octanol–water partition coefficient (Wildman–Crippen LogP) is 3.15. The third kappa shape index (κ3) is 2.57. The second-order valence-corrected chi connectivity index (χ2v) is 7.71. The van der Waals surface area contributed by atoms with Gasteiger partial charge in [-0.2, -0.15) is 0 Å². The van der Waals surface area contributed by atoms with Crippen LogP contribution >= 0.6 is 0 Å². The van der Waals surface area contributed by atoms with E-state index in [0.29, 0.717) is 0 Å². The number of amides is 1. The van der Waals surface area contributed by atoms with E-state index in [1.807, 2.05) is 24.0 Å². The molecule has 5 rings (SSSR count). The summed E-state index contributed by atoms with van der Waals surface area (Å²) in [6.07, 6.45) is 4.65. The standard InChI is InChI=1S/C22H24N4O/c1-15-16(6-4-11-23-15)21(27)26-13-9-22(10-14-26)20-18(8-12-24-22)17-5-2-3-7-19(17)25-20/h2-7,11,24-25H,8-10,12-14H2,1H3. The molecule has 138 valence electrons. The lowest BCUT2D eigenvalue weighted by molar-refractivity contribution is 0.0625. The van der Waals surface area contributed by atoms with Gasteiger partial charge >= 0.3 is 0 Å². The molecular weight excluding hydrogens is 336 g/mol. The highest BCUT2D eigenvalue weighted by Crippen LogP contribution is 2.40. The number of carbonyl (C=O) groups excluding carboxylic acids is 1. The zero-order chi connectivity index (χ0) is 18.4. The monoisotopic (exact) mass is 360 g/mol. The highest BCUT2D eigenvalue weighted by molar-refractivity contribution is 5.95. The number of hydrogen-bond acceptors (Lipinski definition) is 3. The number of nitrogens with zero attached hydrogens (tertiary/aromatic N) is 2. The molecule has 0 radical (unpaired) electrons. The summed E-state index contributed by atoms with van der Waals surface area (Å²) in [6, 6.07) is 12.3. The Kier molecular flexibility index (Phi) is 3.79. The molecule has 1 saturated heterocycles. The summed E-state index contributed by atoms with van der Waals surface area (Å²) < 4.78 is 0. The third-order valence-corrected chi connectivity index (χ3v) is 6.27. The summed E-state index contributed by atoms with van der Waals surface area (Å²) in [4.78, 5) is 22.9. The predicted molar refractivity (Wildman–Crippen MR) is 106 cm³/mol. The van der Waals surface area contributed by atoms with Crippen molar-refractivity contribution in [3.63, 3.8) is 0 Å². The Morgan fingerprint density at radius 1 is 1.15 bits per heavy atom. The van der Waals surface area contributed by atoms with Crippen molar-refractivity contribution in [3.8, 4) is 0 Å². The van der Waals surface area contributed by atoms with Crippen molar-refractivity contribution in [1.82, 2.24) is 20.2 Å². The highest BCUT2D eigenvalue weighted by Gasteiger charge is 2.42. The van der Waals surface area contributed by atoms with Gasteiger partial charge in [-0.15, -0.1) is 0 Å². The number of aromatic nitrogens is 2. The van der Waals surface area contributed by atoms with Crippen molar-refractivity contribution >= 4 is 16.8 Å². The molecule has 1 spiro atoms. The summed E-state index contributed by atoms with van der Waals surface area (Å²) in [5.41, 5.74) is 5.47. The highest BCUT2D eigenvalue weighted by atomic mass is 16.2. The molecule has 0 saturated carbocycles. The molecule has 2 N–H and O–H groups in total. The lowest BCUT2D eigenvalue weighted by Crippen LogP contribution is -2.55. The molecule has 2 aliphatic heterocycles. The van der Waals surface area contributed by atoms with Gasteiger partial charge in [-0.1, -0.05) is 18.2 Å². The van der Waals surface area contributed by atoms with Crippen LogP contribution < -0.4 is 5.32 Å². The topological polar surface area (TPSA) is 61.0 Å². The van der Waals surface area contributed by atoms with Crippen molar-refractivity contribution in [2.24, 2.45) is 0 Å². The van der Waals surface area contributed by atoms with Gasteiger partial charge in [-0.3, -0.25) is 9.78 Å². The van der Waals surface area contributed by atoms with E-state index in [-0.39, 0.29) is 11.4 Å². The minimum Gasteiger partial charge on any atom is -0.357 e. The Balaban J connectivity index is 1.42. The number of hydrogen-bond donors (Lipinski definition) is 2. The number of rotatable bonds is 1. The number of piperidine rings is 1. The van der Waals surface area contributed by atoms with Gasteiger partial charge in [-0.05, 0) is 49.9 Å². The second-order valence-electron chi connectivity index (χ2n) is 7.71. The van der Waals surface area contributed by atoms with Gasteiger partial charge in [0, 0.05) is 48.1 Å². The Morgan fingerprint density at radius 3 is 2.78 bits per heavy atom. The van der Waals surface area contributed by atoms with Gasteiger partial charge in [0.05, 0.1) is 11.1 Å². The quantitative estimate of drug-likeness (QED) is 0.701. The molecular formula is C22H24N4O. The number of aryl methyl sites for hydroxylation is 1. The Bertz CT molecular complexity index is 1010. The number of likely N-dealkylation sites (tertiary alicyclic amines) is 1. The summed E-state index contributed by atoms with van der Waals surface area (Å²) in [5, 5.41) is 5.13. The minimum atomic E-state index is -0.0482. The van der Waals surface area contributed by atoms with Crippen LogP contribution in [-0.2, 0) is 12.0 Å². The molecule has 3 aromatic rings. The average molecular weight is 360 g/mol. The summed E-state index contributed by atoms with van der Waals surface area (Å²) in [5.74, 6) is 0.100. The molecule has 1 fully saturated rings. The van der Waals surface area contributed by atoms with Gasteiger partial charge in [0.15, 0.2) is 0 Å². The van der Waals surface area contributed by atoms with Crippen LogP contribution in [0.5, 0.6) is 0 Å². The van der Waals surface area contributed by atoms with Gasteiger partial charge in [0.1, 0.15) is 0 Å². The Hall–Kier alpha value is -2.66. The summed E-state index contributed by atoms with van der Waals surface area (Å²) in [6.45, 7) is 4.41. The molecule has 0 atom stereocenters. The fourth-order valence-corrected chi connectivity index (χ4v) is 4.78. The number of pyridine rings is 1. The molecule has 2 aliphatic rings. The van der Waals surface area contributed by atoms with E-state index in [9.17, 15) is 4.79 Å². The molecule has 4 heterocycles. The molecule has 2 aromatic heterocycles. The van der Waals surface area contributed by atoms with Crippen molar-refractivity contribution in [1.29, 1.82) is 0 Å². The SMILES string of the molecule is Cc1ncccc1C(=O)N1CCC2(CC1)NCCc1c2[nH]c2ccccc12. The number of carbonyl (C=O) groups is 1. The van der Waals surface area contributed by atoms with Gasteiger partial charge in [0.2, 0.25) is 0 Å². The van der Waals surface area contributed by atoms with Crippen molar-refractivity contribution < 1.29 is 4.79 Å². The second kappa shape index (κ2) is 6.20. The zero-order valence-corrected chi connectivity index (χ0v) is 15.6. The first kappa shape index (κ1) is 16.5. The maximum atomic E-state index is 12.9.